The zero-order valence-corrected chi connectivity index (χ0v) is 17.5. The van der Waals surface area contributed by atoms with Gasteiger partial charge in [-0.25, -0.2) is 4.79 Å². The van der Waals surface area contributed by atoms with Crippen LogP contribution >= 0.6 is 0 Å². The maximum atomic E-state index is 13.0. The van der Waals surface area contributed by atoms with E-state index in [2.05, 4.69) is 5.10 Å². The average molecular weight is 407 g/mol. The molecular formula is C23H25N3O4. The van der Waals surface area contributed by atoms with Crippen LogP contribution in [0.5, 0.6) is 5.75 Å². The fourth-order valence-corrected chi connectivity index (χ4v) is 3.10. The van der Waals surface area contributed by atoms with E-state index in [4.69, 9.17) is 9.47 Å². The number of hydrogen-bond acceptors (Lipinski definition) is 5. The highest BCUT2D eigenvalue weighted by atomic mass is 16.5. The van der Waals surface area contributed by atoms with Crippen LogP contribution in [0.4, 0.5) is 0 Å². The minimum Gasteiger partial charge on any atom is -0.496 e. The summed E-state index contributed by atoms with van der Waals surface area (Å²) in [6.07, 6.45) is 0.736. The van der Waals surface area contributed by atoms with Crippen molar-refractivity contribution in [2.75, 3.05) is 21.2 Å². The topological polar surface area (TPSA) is 73.7 Å². The third-order valence-electron chi connectivity index (χ3n) is 4.60. The molecule has 7 heteroatoms. The fourth-order valence-electron chi connectivity index (χ4n) is 3.10. The highest BCUT2D eigenvalue weighted by Gasteiger charge is 2.26. The Hall–Kier alpha value is -3.61. The highest BCUT2D eigenvalue weighted by molar-refractivity contribution is 5.98. The van der Waals surface area contributed by atoms with Gasteiger partial charge < -0.3 is 14.4 Å². The number of methoxy groups -OCH3 is 1. The summed E-state index contributed by atoms with van der Waals surface area (Å²) in [4.78, 5) is 26.5. The van der Waals surface area contributed by atoms with Crippen molar-refractivity contribution >= 4 is 11.9 Å². The Labute approximate surface area is 175 Å². The summed E-state index contributed by atoms with van der Waals surface area (Å²) in [6.45, 7) is 2.04. The van der Waals surface area contributed by atoms with Crippen LogP contribution in [-0.4, -0.2) is 53.9 Å². The quantitative estimate of drug-likeness (QED) is 0.562. The van der Waals surface area contributed by atoms with Crippen molar-refractivity contribution in [3.05, 3.63) is 71.9 Å². The first kappa shape index (κ1) is 21.1. The van der Waals surface area contributed by atoms with Gasteiger partial charge in [0.1, 0.15) is 17.0 Å². The van der Waals surface area contributed by atoms with Gasteiger partial charge in [0.25, 0.3) is 5.91 Å². The van der Waals surface area contributed by atoms with E-state index in [0.29, 0.717) is 23.6 Å². The molecule has 1 amide bonds. The number of carbonyl (C=O) groups is 2. The van der Waals surface area contributed by atoms with Crippen molar-refractivity contribution < 1.29 is 19.1 Å². The molecule has 0 saturated heterocycles. The van der Waals surface area contributed by atoms with Gasteiger partial charge in [-0.15, -0.1) is 0 Å². The summed E-state index contributed by atoms with van der Waals surface area (Å²) in [7, 11) is 4.80. The standard InChI is InChI=1S/C23H25N3O4/c1-16(22(27)25(2)3)30-23(28)19-15-26(14-17-10-6-5-7-11-17)24-21(19)18-12-8-9-13-20(18)29-4/h5-13,15-16H,14H2,1-4H3/t16-/m0/s1. The lowest BCUT2D eigenvalue weighted by molar-refractivity contribution is -0.137. The van der Waals surface area contributed by atoms with Crippen molar-refractivity contribution in [1.29, 1.82) is 0 Å². The van der Waals surface area contributed by atoms with E-state index in [1.165, 1.54) is 4.90 Å². The number of carbonyl (C=O) groups excluding carboxylic acids is 2. The lowest BCUT2D eigenvalue weighted by Crippen LogP contribution is -2.34. The van der Waals surface area contributed by atoms with E-state index >= 15 is 0 Å². The van der Waals surface area contributed by atoms with E-state index < -0.39 is 12.1 Å². The third kappa shape index (κ3) is 4.68. The Balaban J connectivity index is 1.99. The Bertz CT molecular complexity index is 1030. The van der Waals surface area contributed by atoms with Crippen molar-refractivity contribution in [3.8, 4) is 17.0 Å². The number of esters is 1. The van der Waals surface area contributed by atoms with Gasteiger partial charge in [0, 0.05) is 25.9 Å². The van der Waals surface area contributed by atoms with Crippen LogP contribution in [0.3, 0.4) is 0 Å². The molecule has 1 atom stereocenters. The Morgan fingerprint density at radius 3 is 2.40 bits per heavy atom. The number of benzene rings is 2. The van der Waals surface area contributed by atoms with Crippen molar-refractivity contribution in [3.63, 3.8) is 0 Å². The van der Waals surface area contributed by atoms with Gasteiger partial charge in [-0.2, -0.15) is 5.10 Å². The van der Waals surface area contributed by atoms with Crippen LogP contribution in [0, 0.1) is 0 Å². The van der Waals surface area contributed by atoms with Crippen LogP contribution in [0.15, 0.2) is 60.8 Å². The highest BCUT2D eigenvalue weighted by Crippen LogP contribution is 2.31. The largest absolute Gasteiger partial charge is 0.496 e. The molecule has 1 heterocycles. The molecule has 0 unspecified atom stereocenters. The summed E-state index contributed by atoms with van der Waals surface area (Å²) in [5.74, 6) is -0.314. The van der Waals surface area contributed by atoms with E-state index in [-0.39, 0.29) is 11.5 Å². The zero-order chi connectivity index (χ0) is 21.7. The second-order valence-electron chi connectivity index (χ2n) is 7.06. The molecule has 156 valence electrons. The molecule has 2 aromatic carbocycles. The molecule has 3 aromatic rings. The molecule has 0 aliphatic rings. The molecule has 3 rings (SSSR count). The number of rotatable bonds is 7. The second-order valence-corrected chi connectivity index (χ2v) is 7.06. The lowest BCUT2D eigenvalue weighted by Gasteiger charge is -2.17. The molecule has 0 aliphatic heterocycles. The monoisotopic (exact) mass is 407 g/mol. The molecule has 0 fully saturated rings. The molecule has 0 saturated carbocycles. The van der Waals surface area contributed by atoms with Crippen LogP contribution < -0.4 is 4.74 Å². The molecule has 7 nitrogen and oxygen atoms in total. The lowest BCUT2D eigenvalue weighted by atomic mass is 10.1. The zero-order valence-electron chi connectivity index (χ0n) is 17.5. The first-order valence-corrected chi connectivity index (χ1v) is 9.57. The first-order valence-electron chi connectivity index (χ1n) is 9.57. The van der Waals surface area contributed by atoms with Crippen LogP contribution in [0.25, 0.3) is 11.3 Å². The van der Waals surface area contributed by atoms with Gasteiger partial charge in [-0.3, -0.25) is 9.48 Å². The summed E-state index contributed by atoms with van der Waals surface area (Å²) >= 11 is 0. The van der Waals surface area contributed by atoms with Gasteiger partial charge in [-0.1, -0.05) is 42.5 Å². The van der Waals surface area contributed by atoms with Crippen LogP contribution in [0.1, 0.15) is 22.8 Å². The number of aromatic nitrogens is 2. The summed E-state index contributed by atoms with van der Waals surface area (Å²) in [5.41, 5.74) is 2.43. The minimum absolute atomic E-state index is 0.272. The Morgan fingerprint density at radius 2 is 1.73 bits per heavy atom. The van der Waals surface area contributed by atoms with Crippen LogP contribution in [0.2, 0.25) is 0 Å². The second kappa shape index (κ2) is 9.26. The first-order chi connectivity index (χ1) is 14.4. The van der Waals surface area contributed by atoms with Gasteiger partial charge >= 0.3 is 5.97 Å². The van der Waals surface area contributed by atoms with E-state index in [9.17, 15) is 9.59 Å². The average Bonchev–Trinajstić information content (AvgIpc) is 3.17. The summed E-state index contributed by atoms with van der Waals surface area (Å²) in [6, 6.07) is 17.1. The maximum Gasteiger partial charge on any atom is 0.342 e. The van der Waals surface area contributed by atoms with E-state index in [0.717, 1.165) is 5.56 Å². The van der Waals surface area contributed by atoms with Gasteiger partial charge in [0.2, 0.25) is 0 Å². The van der Waals surface area contributed by atoms with Crippen molar-refractivity contribution in [2.45, 2.75) is 19.6 Å². The molecule has 30 heavy (non-hydrogen) atoms. The van der Waals surface area contributed by atoms with Crippen molar-refractivity contribution in [2.24, 2.45) is 0 Å². The molecular weight excluding hydrogens is 382 g/mol. The molecule has 0 radical (unpaired) electrons. The number of ether oxygens (including phenoxy) is 2. The van der Waals surface area contributed by atoms with Crippen molar-refractivity contribution in [1.82, 2.24) is 14.7 Å². The molecule has 1 aromatic heterocycles. The Kier molecular flexibility index (Phi) is 6.51. The normalized spacial score (nSPS) is 11.6. The maximum absolute atomic E-state index is 13.0. The predicted molar refractivity (Wildman–Crippen MR) is 113 cm³/mol. The van der Waals surface area contributed by atoms with E-state index in [1.807, 2.05) is 48.5 Å². The Morgan fingerprint density at radius 1 is 1.07 bits per heavy atom. The number of para-hydroxylation sites is 1. The number of amides is 1. The molecule has 0 N–H and O–H groups in total. The van der Waals surface area contributed by atoms with Gasteiger partial charge in [0.15, 0.2) is 6.10 Å². The third-order valence-corrected chi connectivity index (χ3v) is 4.60. The SMILES string of the molecule is COc1ccccc1-c1nn(Cc2ccccc2)cc1C(=O)O[C@@H](C)C(=O)N(C)C. The van der Waals surface area contributed by atoms with Crippen LogP contribution in [-0.2, 0) is 16.1 Å². The predicted octanol–water partition coefficient (Wildman–Crippen LogP) is 3.24. The van der Waals surface area contributed by atoms with Gasteiger partial charge in [-0.05, 0) is 24.6 Å². The molecule has 0 aliphatic carbocycles. The molecule has 0 bridgehead atoms. The number of nitrogens with zero attached hydrogens (tertiary/aromatic N) is 3. The van der Waals surface area contributed by atoms with E-state index in [1.54, 1.807) is 45.1 Å². The summed E-state index contributed by atoms with van der Waals surface area (Å²) < 4.78 is 12.6. The van der Waals surface area contributed by atoms with Gasteiger partial charge in [0.05, 0.1) is 13.7 Å². The molecule has 0 spiro atoms. The summed E-state index contributed by atoms with van der Waals surface area (Å²) in [5, 5.41) is 4.63. The number of hydrogen-bond donors (Lipinski definition) is 0. The smallest absolute Gasteiger partial charge is 0.342 e. The fraction of sp³-hybridized carbons (Fsp3) is 0.261. The minimum atomic E-state index is -0.907. The number of likely N-dealkylation sites (N-methyl/N-ethyl adjacent to an activating group) is 1.